The van der Waals surface area contributed by atoms with E-state index in [0.717, 1.165) is 16.8 Å². The molecule has 2 aromatic heterocycles. The molecule has 1 unspecified atom stereocenters. The number of ether oxygens (including phenoxy) is 1. The summed E-state index contributed by atoms with van der Waals surface area (Å²) in [5.41, 5.74) is 12.5. The number of nitrogens with one attached hydrogen (secondary N) is 2. The van der Waals surface area contributed by atoms with Crippen LogP contribution in [0.15, 0.2) is 66.8 Å². The Kier molecular flexibility index (Phi) is 6.95. The fourth-order valence-corrected chi connectivity index (χ4v) is 2.94. The number of allylic oxidation sites excluding steroid dienone is 2. The number of nitrogens with two attached hydrogens (primary N) is 2. The number of nitrogens with zero attached hydrogens (tertiary/aromatic N) is 2. The van der Waals surface area contributed by atoms with E-state index in [9.17, 15) is 13.6 Å². The summed E-state index contributed by atoms with van der Waals surface area (Å²) in [6.45, 7) is -0.787. The van der Waals surface area contributed by atoms with E-state index < -0.39 is 18.2 Å². The number of amides is 2. The van der Waals surface area contributed by atoms with Gasteiger partial charge in [-0.3, -0.25) is 4.40 Å². The molecule has 6 N–H and O–H groups in total. The SMILES string of the molecule is CO/C(N)=C/C=C(\N)c1ccn2c(-c3cccc(NC(=O)NCC(F)(F)P)c3)cnc2c1. The number of halogens is 2. The topological polar surface area (TPSA) is 120 Å². The number of methoxy groups -OCH3 is 1. The van der Waals surface area contributed by atoms with Crippen molar-refractivity contribution in [3.63, 3.8) is 0 Å². The number of hydrogen-bond donors (Lipinski definition) is 4. The number of rotatable bonds is 7. The van der Waals surface area contributed by atoms with E-state index in [4.69, 9.17) is 16.2 Å². The Balaban J connectivity index is 1.81. The van der Waals surface area contributed by atoms with Gasteiger partial charge in [-0.2, -0.15) is 0 Å². The molecule has 0 aliphatic heterocycles. The molecule has 0 bridgehead atoms. The first-order chi connectivity index (χ1) is 15.2. The first-order valence-electron chi connectivity index (χ1n) is 9.42. The molecule has 0 radical (unpaired) electrons. The molecule has 0 saturated heterocycles. The Morgan fingerprint density at radius 2 is 2.06 bits per heavy atom. The summed E-state index contributed by atoms with van der Waals surface area (Å²) >= 11 is 0. The van der Waals surface area contributed by atoms with Crippen molar-refractivity contribution in [2.75, 3.05) is 19.0 Å². The highest BCUT2D eigenvalue weighted by Crippen LogP contribution is 2.25. The van der Waals surface area contributed by atoms with Gasteiger partial charge in [0.05, 0.1) is 25.5 Å². The van der Waals surface area contributed by atoms with Gasteiger partial charge < -0.3 is 26.8 Å². The molecule has 0 fully saturated rings. The van der Waals surface area contributed by atoms with Gasteiger partial charge in [0, 0.05) is 28.7 Å². The summed E-state index contributed by atoms with van der Waals surface area (Å²) in [5.74, 6) is 0.238. The first-order valence-corrected chi connectivity index (χ1v) is 10.0. The van der Waals surface area contributed by atoms with Crippen LogP contribution in [-0.4, -0.2) is 34.7 Å². The van der Waals surface area contributed by atoms with E-state index in [1.807, 2.05) is 28.8 Å². The van der Waals surface area contributed by atoms with Crippen LogP contribution in [0.25, 0.3) is 22.6 Å². The van der Waals surface area contributed by atoms with Crippen LogP contribution in [0.4, 0.5) is 19.3 Å². The molecule has 11 heteroatoms. The Labute approximate surface area is 185 Å². The van der Waals surface area contributed by atoms with E-state index >= 15 is 0 Å². The number of benzene rings is 1. The standard InChI is InChI=1S/C21H23F2N6O2P/c1-31-18(25)6-5-16(24)13-7-8-29-17(11-26-19(29)10-13)14-3-2-4-15(9-14)28-20(30)27-12-21(22,23)32/h2-11H,12,24-25,32H2,1H3,(H2,27,28,30)/b16-5-,18-6+. The fourth-order valence-electron chi connectivity index (χ4n) is 2.84. The normalized spacial score (nSPS) is 12.6. The van der Waals surface area contributed by atoms with E-state index in [2.05, 4.69) is 15.6 Å². The lowest BCUT2D eigenvalue weighted by Crippen LogP contribution is -2.35. The molecule has 3 aromatic rings. The van der Waals surface area contributed by atoms with Crippen molar-refractivity contribution >= 4 is 32.3 Å². The average molecular weight is 460 g/mol. The van der Waals surface area contributed by atoms with Gasteiger partial charge in [-0.1, -0.05) is 21.4 Å². The minimum Gasteiger partial charge on any atom is -0.483 e. The molecular weight excluding hydrogens is 437 g/mol. The zero-order chi connectivity index (χ0) is 23.3. The predicted octanol–water partition coefficient (Wildman–Crippen LogP) is 3.34. The van der Waals surface area contributed by atoms with Gasteiger partial charge in [-0.05, 0) is 36.4 Å². The molecule has 0 spiro atoms. The van der Waals surface area contributed by atoms with Crippen LogP contribution in [0.5, 0.6) is 0 Å². The minimum atomic E-state index is -3.07. The summed E-state index contributed by atoms with van der Waals surface area (Å²) in [4.78, 5) is 16.3. The molecule has 8 nitrogen and oxygen atoms in total. The minimum absolute atomic E-state index is 0.238. The quantitative estimate of drug-likeness (QED) is 0.245. The van der Waals surface area contributed by atoms with Crippen molar-refractivity contribution in [1.82, 2.24) is 14.7 Å². The van der Waals surface area contributed by atoms with Gasteiger partial charge in [0.15, 0.2) is 5.88 Å². The third-order valence-corrected chi connectivity index (χ3v) is 4.61. The number of carbonyl (C=O) groups excluding carboxylic acids is 1. The zero-order valence-electron chi connectivity index (χ0n) is 17.2. The van der Waals surface area contributed by atoms with Gasteiger partial charge in [-0.25, -0.2) is 18.6 Å². The Bertz CT molecular complexity index is 1190. The number of imidazole rings is 1. The lowest BCUT2D eigenvalue weighted by molar-refractivity contribution is 0.106. The van der Waals surface area contributed by atoms with Gasteiger partial charge >= 0.3 is 6.03 Å². The third kappa shape index (κ3) is 5.95. The smallest absolute Gasteiger partial charge is 0.319 e. The summed E-state index contributed by atoms with van der Waals surface area (Å²) in [6, 6.07) is 9.91. The number of urea groups is 1. The first kappa shape index (κ1) is 23.0. The van der Waals surface area contributed by atoms with Gasteiger partial charge in [0.2, 0.25) is 0 Å². The fraction of sp³-hybridized carbons (Fsp3) is 0.143. The second-order valence-corrected chi connectivity index (χ2v) is 7.68. The Hall–Kier alpha value is -3.65. The number of aromatic nitrogens is 2. The Morgan fingerprint density at radius 1 is 1.28 bits per heavy atom. The summed E-state index contributed by atoms with van der Waals surface area (Å²) in [7, 11) is 2.84. The van der Waals surface area contributed by atoms with Crippen LogP contribution in [0.2, 0.25) is 0 Å². The lowest BCUT2D eigenvalue weighted by atomic mass is 10.1. The zero-order valence-corrected chi connectivity index (χ0v) is 18.3. The van der Waals surface area contributed by atoms with E-state index in [1.54, 1.807) is 36.5 Å². The highest BCUT2D eigenvalue weighted by Gasteiger charge is 2.21. The number of hydrogen-bond acceptors (Lipinski definition) is 5. The molecule has 32 heavy (non-hydrogen) atoms. The van der Waals surface area contributed by atoms with Crippen LogP contribution in [-0.2, 0) is 4.74 Å². The second kappa shape index (κ2) is 9.65. The molecule has 0 aliphatic rings. The maximum atomic E-state index is 12.9. The van der Waals surface area contributed by atoms with Crippen molar-refractivity contribution in [3.8, 4) is 11.3 Å². The molecule has 2 amide bonds. The summed E-state index contributed by atoms with van der Waals surface area (Å²) in [5, 5.41) is 4.66. The van der Waals surface area contributed by atoms with Crippen molar-refractivity contribution in [1.29, 1.82) is 0 Å². The molecule has 3 rings (SSSR count). The number of carbonyl (C=O) groups is 1. The predicted molar refractivity (Wildman–Crippen MR) is 124 cm³/mol. The van der Waals surface area contributed by atoms with Crippen molar-refractivity contribution in [2.45, 2.75) is 5.66 Å². The highest BCUT2D eigenvalue weighted by molar-refractivity contribution is 7.18. The van der Waals surface area contributed by atoms with Crippen LogP contribution < -0.4 is 22.1 Å². The molecule has 1 atom stereocenters. The molecule has 0 saturated carbocycles. The van der Waals surface area contributed by atoms with Crippen LogP contribution in [0.1, 0.15) is 5.56 Å². The average Bonchev–Trinajstić information content (AvgIpc) is 3.18. The summed E-state index contributed by atoms with van der Waals surface area (Å²) in [6.07, 6.45) is 6.72. The number of anilines is 1. The van der Waals surface area contributed by atoms with Crippen LogP contribution in [0.3, 0.4) is 0 Å². The van der Waals surface area contributed by atoms with E-state index in [0.29, 0.717) is 17.0 Å². The lowest BCUT2D eigenvalue weighted by Gasteiger charge is -2.12. The van der Waals surface area contributed by atoms with Crippen LogP contribution in [0, 0.1) is 0 Å². The number of fused-ring (bicyclic) bond motifs is 1. The van der Waals surface area contributed by atoms with E-state index in [1.165, 1.54) is 16.3 Å². The monoisotopic (exact) mass is 460 g/mol. The maximum absolute atomic E-state index is 12.9. The van der Waals surface area contributed by atoms with E-state index in [-0.39, 0.29) is 5.88 Å². The maximum Gasteiger partial charge on any atom is 0.319 e. The summed E-state index contributed by atoms with van der Waals surface area (Å²) < 4.78 is 32.5. The molecule has 0 aliphatic carbocycles. The number of alkyl halides is 2. The highest BCUT2D eigenvalue weighted by atomic mass is 31.0. The van der Waals surface area contributed by atoms with Gasteiger partial charge in [0.1, 0.15) is 5.65 Å². The molecule has 2 heterocycles. The van der Waals surface area contributed by atoms with Crippen LogP contribution >= 0.6 is 9.24 Å². The Morgan fingerprint density at radius 3 is 2.78 bits per heavy atom. The molecular formula is C21H23F2N6O2P. The van der Waals surface area contributed by atoms with Gasteiger partial charge in [-0.15, -0.1) is 0 Å². The van der Waals surface area contributed by atoms with Gasteiger partial charge in [0.25, 0.3) is 5.66 Å². The van der Waals surface area contributed by atoms with Crippen molar-refractivity contribution < 1.29 is 18.3 Å². The van der Waals surface area contributed by atoms with Crippen molar-refractivity contribution in [3.05, 3.63) is 72.4 Å². The molecule has 168 valence electrons. The molecule has 1 aromatic carbocycles. The third-order valence-electron chi connectivity index (χ3n) is 4.41. The largest absolute Gasteiger partial charge is 0.483 e. The number of pyridine rings is 1. The van der Waals surface area contributed by atoms with Crippen molar-refractivity contribution in [2.24, 2.45) is 11.5 Å². The second-order valence-electron chi connectivity index (χ2n) is 6.83.